The van der Waals surface area contributed by atoms with Crippen molar-refractivity contribution in [3.05, 3.63) is 33.8 Å². The molecule has 6 heteroatoms. The molecule has 21 heavy (non-hydrogen) atoms. The molecule has 2 rings (SSSR count). The van der Waals surface area contributed by atoms with Crippen LogP contribution in [0, 0.1) is 11.8 Å². The zero-order valence-corrected chi connectivity index (χ0v) is 13.3. The highest BCUT2D eigenvalue weighted by molar-refractivity contribution is 9.10. The summed E-state index contributed by atoms with van der Waals surface area (Å²) in [6, 6.07) is 5.55. The van der Waals surface area contributed by atoms with Crippen molar-refractivity contribution < 1.29 is 23.9 Å². The molecule has 0 fully saturated rings. The van der Waals surface area contributed by atoms with Crippen LogP contribution in [0.3, 0.4) is 0 Å². The number of rotatable bonds is 2. The monoisotopic (exact) mass is 354 g/mol. The van der Waals surface area contributed by atoms with E-state index >= 15 is 0 Å². The Balaban J connectivity index is 2.48. The molecule has 1 aliphatic carbocycles. The lowest BCUT2D eigenvalue weighted by molar-refractivity contribution is -0.155. The Morgan fingerprint density at radius 3 is 2.10 bits per heavy atom. The number of carbonyl (C=O) groups is 3. The molecule has 2 atom stereocenters. The average Bonchev–Trinajstić information content (AvgIpc) is 2.62. The number of fused-ring (bicyclic) bond motifs is 1. The molecule has 0 bridgehead atoms. The summed E-state index contributed by atoms with van der Waals surface area (Å²) in [6.07, 6.45) is 0.468. The van der Waals surface area contributed by atoms with Gasteiger partial charge in [0, 0.05) is 4.47 Å². The minimum absolute atomic E-state index is 0.230. The summed E-state index contributed by atoms with van der Waals surface area (Å²) in [5, 5.41) is 0. The fourth-order valence-electron chi connectivity index (χ4n) is 2.55. The van der Waals surface area contributed by atoms with Gasteiger partial charge in [-0.15, -0.1) is 0 Å². The molecule has 0 heterocycles. The second-order valence-electron chi connectivity index (χ2n) is 4.88. The maximum atomic E-state index is 12.5. The highest BCUT2D eigenvalue weighted by Gasteiger charge is 2.40. The van der Waals surface area contributed by atoms with Crippen LogP contribution in [0.4, 0.5) is 0 Å². The van der Waals surface area contributed by atoms with E-state index in [0.717, 1.165) is 15.6 Å². The van der Waals surface area contributed by atoms with Crippen LogP contribution in [-0.4, -0.2) is 31.9 Å². The van der Waals surface area contributed by atoms with E-state index in [0.29, 0.717) is 0 Å². The molecule has 112 valence electrons. The third-order valence-corrected chi connectivity index (χ3v) is 4.17. The van der Waals surface area contributed by atoms with Crippen molar-refractivity contribution in [2.45, 2.75) is 12.8 Å². The molecule has 0 saturated heterocycles. The van der Waals surface area contributed by atoms with Gasteiger partial charge in [-0.25, -0.2) is 0 Å². The van der Waals surface area contributed by atoms with Crippen LogP contribution in [0.2, 0.25) is 0 Å². The van der Waals surface area contributed by atoms with Crippen molar-refractivity contribution in [3.8, 4) is 0 Å². The molecule has 0 radical (unpaired) electrons. The molecule has 0 amide bonds. The van der Waals surface area contributed by atoms with Gasteiger partial charge >= 0.3 is 11.9 Å². The predicted molar refractivity (Wildman–Crippen MR) is 77.6 cm³/mol. The van der Waals surface area contributed by atoms with E-state index < -0.39 is 29.6 Å². The van der Waals surface area contributed by atoms with Crippen LogP contribution in [-0.2, 0) is 36.7 Å². The molecule has 5 nitrogen and oxygen atoms in total. The quantitative estimate of drug-likeness (QED) is 0.459. The molecule has 1 aliphatic rings. The Hall–Kier alpha value is -1.69. The number of carbonyl (C=O) groups excluding carboxylic acids is 3. The van der Waals surface area contributed by atoms with Crippen molar-refractivity contribution in [1.82, 2.24) is 0 Å². The zero-order chi connectivity index (χ0) is 15.6. The normalized spacial score (nSPS) is 21.2. The van der Waals surface area contributed by atoms with E-state index in [1.54, 1.807) is 0 Å². The van der Waals surface area contributed by atoms with E-state index in [4.69, 9.17) is 9.47 Å². The largest absolute Gasteiger partial charge is 0.468 e. The van der Waals surface area contributed by atoms with Crippen LogP contribution >= 0.6 is 15.9 Å². The minimum atomic E-state index is -0.977. The van der Waals surface area contributed by atoms with Crippen LogP contribution in [0.15, 0.2) is 22.7 Å². The lowest BCUT2D eigenvalue weighted by atomic mass is 9.90. The lowest BCUT2D eigenvalue weighted by Crippen LogP contribution is -2.35. The molecule has 1 aromatic rings. The first kappa shape index (κ1) is 15.7. The molecule has 0 aromatic heterocycles. The Labute approximate surface area is 130 Å². The number of halogens is 1. The Morgan fingerprint density at radius 2 is 1.57 bits per heavy atom. The number of hydrogen-bond acceptors (Lipinski definition) is 5. The van der Waals surface area contributed by atoms with Gasteiger partial charge in [0.05, 0.1) is 14.2 Å². The van der Waals surface area contributed by atoms with Crippen molar-refractivity contribution in [2.24, 2.45) is 11.8 Å². The van der Waals surface area contributed by atoms with E-state index in [-0.39, 0.29) is 12.8 Å². The Bertz CT molecular complexity index is 596. The van der Waals surface area contributed by atoms with E-state index in [2.05, 4.69) is 15.9 Å². The minimum Gasteiger partial charge on any atom is -0.468 e. The highest BCUT2D eigenvalue weighted by Crippen LogP contribution is 2.29. The summed E-state index contributed by atoms with van der Waals surface area (Å²) in [4.78, 5) is 36.2. The summed E-state index contributed by atoms with van der Waals surface area (Å²) in [6.45, 7) is 0. The number of methoxy groups -OCH3 is 2. The second kappa shape index (κ2) is 6.39. The molecule has 0 N–H and O–H groups in total. The third kappa shape index (κ3) is 3.15. The molecular formula is C15H15BrO5. The first-order valence-electron chi connectivity index (χ1n) is 6.44. The number of ether oxygens (including phenoxy) is 2. The number of Topliss-reactive ketones (excluding diaryl/α,β-unsaturated/α-hetero) is 1. The van der Waals surface area contributed by atoms with Gasteiger partial charge in [-0.2, -0.15) is 0 Å². The topological polar surface area (TPSA) is 69.7 Å². The molecule has 2 unspecified atom stereocenters. The van der Waals surface area contributed by atoms with Crippen LogP contribution < -0.4 is 0 Å². The SMILES string of the molecule is COC(=O)C1Cc2ccc(Br)cc2CC(C(=O)OC)C1=O. The van der Waals surface area contributed by atoms with Gasteiger partial charge in [0.2, 0.25) is 0 Å². The van der Waals surface area contributed by atoms with Crippen LogP contribution in [0.5, 0.6) is 0 Å². The van der Waals surface area contributed by atoms with E-state index in [1.807, 2.05) is 18.2 Å². The summed E-state index contributed by atoms with van der Waals surface area (Å²) in [7, 11) is 2.46. The second-order valence-corrected chi connectivity index (χ2v) is 5.79. The number of benzene rings is 1. The van der Waals surface area contributed by atoms with E-state index in [9.17, 15) is 14.4 Å². The Morgan fingerprint density at radius 1 is 1.05 bits per heavy atom. The summed E-state index contributed by atoms with van der Waals surface area (Å²) >= 11 is 3.37. The van der Waals surface area contributed by atoms with Gasteiger partial charge < -0.3 is 9.47 Å². The van der Waals surface area contributed by atoms with Crippen molar-refractivity contribution >= 4 is 33.7 Å². The number of esters is 2. The molecular weight excluding hydrogens is 340 g/mol. The predicted octanol–water partition coefficient (Wildman–Crippen LogP) is 1.70. The standard InChI is InChI=1S/C15H15BrO5/c1-20-14(18)11-6-8-3-4-10(16)5-9(8)7-12(13(11)17)15(19)21-2/h3-5,11-12H,6-7H2,1-2H3. The lowest BCUT2D eigenvalue weighted by Gasteiger charge is -2.15. The summed E-state index contributed by atoms with van der Waals surface area (Å²) in [5.74, 6) is -3.64. The molecule has 1 aromatic carbocycles. The first-order valence-corrected chi connectivity index (χ1v) is 7.24. The first-order chi connectivity index (χ1) is 9.97. The Kier molecular flexibility index (Phi) is 4.77. The maximum absolute atomic E-state index is 12.5. The van der Waals surface area contributed by atoms with Crippen molar-refractivity contribution in [1.29, 1.82) is 0 Å². The van der Waals surface area contributed by atoms with Crippen molar-refractivity contribution in [2.75, 3.05) is 14.2 Å². The molecule has 0 aliphatic heterocycles. The smallest absolute Gasteiger partial charge is 0.316 e. The van der Waals surface area contributed by atoms with Crippen molar-refractivity contribution in [3.63, 3.8) is 0 Å². The van der Waals surface area contributed by atoms with E-state index in [1.165, 1.54) is 14.2 Å². The molecule has 0 spiro atoms. The average molecular weight is 355 g/mol. The van der Waals surface area contributed by atoms with Gasteiger partial charge in [0.15, 0.2) is 5.78 Å². The fraction of sp³-hybridized carbons (Fsp3) is 0.400. The fourth-order valence-corrected chi connectivity index (χ4v) is 2.96. The number of hydrogen-bond donors (Lipinski definition) is 0. The van der Waals surface area contributed by atoms with Gasteiger partial charge in [0.1, 0.15) is 11.8 Å². The number of ketones is 1. The van der Waals surface area contributed by atoms with Crippen LogP contribution in [0.1, 0.15) is 11.1 Å². The zero-order valence-electron chi connectivity index (χ0n) is 11.7. The van der Waals surface area contributed by atoms with Gasteiger partial charge in [-0.05, 0) is 36.1 Å². The third-order valence-electron chi connectivity index (χ3n) is 3.67. The van der Waals surface area contributed by atoms with Gasteiger partial charge in [-0.3, -0.25) is 14.4 Å². The van der Waals surface area contributed by atoms with Gasteiger partial charge in [-0.1, -0.05) is 22.0 Å². The summed E-state index contributed by atoms with van der Waals surface area (Å²) in [5.41, 5.74) is 1.73. The maximum Gasteiger partial charge on any atom is 0.316 e. The highest BCUT2D eigenvalue weighted by atomic mass is 79.9. The van der Waals surface area contributed by atoms with Crippen LogP contribution in [0.25, 0.3) is 0 Å². The summed E-state index contributed by atoms with van der Waals surface area (Å²) < 4.78 is 10.2. The van der Waals surface area contributed by atoms with Gasteiger partial charge in [0.25, 0.3) is 0 Å². The molecule has 0 saturated carbocycles.